The Labute approximate surface area is 306 Å². The van der Waals surface area contributed by atoms with Crippen LogP contribution in [0.25, 0.3) is 110 Å². The number of rotatable bonds is 5. The monoisotopic (exact) mass is 698 g/mol. The third-order valence-corrected chi connectivity index (χ3v) is 10.9. The van der Waals surface area contributed by atoms with Gasteiger partial charge in [0.05, 0.1) is 5.39 Å². The lowest BCUT2D eigenvalue weighted by molar-refractivity contribution is 0.622. The van der Waals surface area contributed by atoms with Crippen molar-refractivity contribution in [3.63, 3.8) is 0 Å². The van der Waals surface area contributed by atoms with Crippen molar-refractivity contribution in [2.75, 3.05) is 0 Å². The number of oxazole rings is 1. The number of para-hydroxylation sites is 1. The molecule has 7 heteroatoms. The zero-order valence-electron chi connectivity index (χ0n) is 28.0. The second-order valence-electron chi connectivity index (χ2n) is 13.0. The van der Waals surface area contributed by atoms with Gasteiger partial charge >= 0.3 is 0 Å². The molecule has 0 spiro atoms. The molecule has 0 atom stereocenters. The van der Waals surface area contributed by atoms with Gasteiger partial charge in [0.15, 0.2) is 23.1 Å². The first-order valence-corrected chi connectivity index (χ1v) is 18.2. The van der Waals surface area contributed by atoms with E-state index in [4.69, 9.17) is 28.8 Å². The van der Waals surface area contributed by atoms with E-state index < -0.39 is 0 Å². The predicted molar refractivity (Wildman–Crippen MR) is 215 cm³/mol. The molecule has 0 amide bonds. The quantitative estimate of drug-likeness (QED) is 0.178. The Balaban J connectivity index is 0.992. The zero-order valence-corrected chi connectivity index (χ0v) is 28.8. The summed E-state index contributed by atoms with van der Waals surface area (Å²) < 4.78 is 15.7. The number of furan rings is 1. The van der Waals surface area contributed by atoms with E-state index in [0.29, 0.717) is 23.4 Å². The molecule has 0 bridgehead atoms. The van der Waals surface area contributed by atoms with E-state index in [1.165, 1.54) is 20.2 Å². The van der Waals surface area contributed by atoms with Gasteiger partial charge in [-0.3, -0.25) is 0 Å². The number of nitrogens with zero attached hydrogens (tertiary/aromatic N) is 4. The Morgan fingerprint density at radius 2 is 1.00 bits per heavy atom. The Morgan fingerprint density at radius 1 is 0.396 bits per heavy atom. The summed E-state index contributed by atoms with van der Waals surface area (Å²) >= 11 is 1.80. The first-order valence-electron chi connectivity index (χ1n) is 17.4. The molecule has 11 rings (SSSR count). The smallest absolute Gasteiger partial charge is 0.227 e. The summed E-state index contributed by atoms with van der Waals surface area (Å²) in [6.07, 6.45) is 0. The average Bonchev–Trinajstić information content (AvgIpc) is 3.94. The van der Waals surface area contributed by atoms with E-state index in [2.05, 4.69) is 84.9 Å². The lowest BCUT2D eigenvalue weighted by atomic mass is 10.0. The molecule has 11 aromatic rings. The van der Waals surface area contributed by atoms with Gasteiger partial charge in [-0.2, -0.15) is 0 Å². The highest BCUT2D eigenvalue weighted by Crippen LogP contribution is 2.42. The van der Waals surface area contributed by atoms with Gasteiger partial charge in [0.1, 0.15) is 16.7 Å². The number of benzene rings is 7. The van der Waals surface area contributed by atoms with Crippen LogP contribution in [0.3, 0.4) is 0 Å². The Bertz CT molecular complexity index is 3110. The number of hydrogen-bond acceptors (Lipinski definition) is 7. The normalized spacial score (nSPS) is 11.8. The summed E-state index contributed by atoms with van der Waals surface area (Å²) in [5, 5.41) is 4.36. The maximum absolute atomic E-state index is 6.58. The van der Waals surface area contributed by atoms with Gasteiger partial charge in [-0.05, 0) is 42.0 Å². The van der Waals surface area contributed by atoms with E-state index in [1.54, 1.807) is 11.3 Å². The van der Waals surface area contributed by atoms with E-state index in [1.807, 2.05) is 72.8 Å². The first kappa shape index (κ1) is 29.7. The molecule has 0 aliphatic rings. The van der Waals surface area contributed by atoms with Gasteiger partial charge in [-0.25, -0.2) is 19.9 Å². The van der Waals surface area contributed by atoms with Crippen LogP contribution in [-0.2, 0) is 0 Å². The van der Waals surface area contributed by atoms with Gasteiger partial charge in [0.25, 0.3) is 0 Å². The number of thiophene rings is 1. The van der Waals surface area contributed by atoms with Crippen LogP contribution in [0.15, 0.2) is 167 Å². The molecular formula is C46H26N4O2S. The lowest BCUT2D eigenvalue weighted by Crippen LogP contribution is -2.00. The summed E-state index contributed by atoms with van der Waals surface area (Å²) in [6.45, 7) is 0. The van der Waals surface area contributed by atoms with Gasteiger partial charge in [-0.15, -0.1) is 11.3 Å². The number of fused-ring (bicyclic) bond motifs is 8. The minimum absolute atomic E-state index is 0.593. The number of aromatic nitrogens is 4. The highest BCUT2D eigenvalue weighted by molar-refractivity contribution is 7.25. The van der Waals surface area contributed by atoms with Crippen molar-refractivity contribution in [2.45, 2.75) is 0 Å². The predicted octanol–water partition coefficient (Wildman–Crippen LogP) is 12.6. The van der Waals surface area contributed by atoms with Crippen LogP contribution < -0.4 is 0 Å². The summed E-state index contributed by atoms with van der Waals surface area (Å²) in [6, 6.07) is 53.5. The van der Waals surface area contributed by atoms with Gasteiger partial charge < -0.3 is 8.83 Å². The SMILES string of the molecule is c1ccc(-c2nc(-c3ccccc3)nc(-c3ccc(-c4cccc5c4oc4ccc6nc(-c7ccc8sc9ccccc9c8c7)oc6c45)cc3)n2)cc1. The van der Waals surface area contributed by atoms with Crippen LogP contribution in [0.2, 0.25) is 0 Å². The summed E-state index contributed by atoms with van der Waals surface area (Å²) in [4.78, 5) is 19.6. The summed E-state index contributed by atoms with van der Waals surface area (Å²) in [5.41, 5.74) is 8.78. The first-order chi connectivity index (χ1) is 26.2. The third kappa shape index (κ3) is 4.93. The highest BCUT2D eigenvalue weighted by atomic mass is 32.1. The lowest BCUT2D eigenvalue weighted by Gasteiger charge is -2.09. The van der Waals surface area contributed by atoms with Gasteiger partial charge in [-0.1, -0.05) is 121 Å². The maximum atomic E-state index is 6.58. The van der Waals surface area contributed by atoms with Crippen LogP contribution in [0.4, 0.5) is 0 Å². The molecular weight excluding hydrogens is 673 g/mol. The van der Waals surface area contributed by atoms with Crippen molar-refractivity contribution >= 4 is 64.5 Å². The average molecular weight is 699 g/mol. The second-order valence-corrected chi connectivity index (χ2v) is 14.1. The highest BCUT2D eigenvalue weighted by Gasteiger charge is 2.20. The van der Waals surface area contributed by atoms with Crippen molar-refractivity contribution in [1.29, 1.82) is 0 Å². The molecule has 53 heavy (non-hydrogen) atoms. The molecule has 0 radical (unpaired) electrons. The number of hydrogen-bond donors (Lipinski definition) is 0. The van der Waals surface area contributed by atoms with Crippen molar-refractivity contribution in [3.05, 3.63) is 158 Å². The molecule has 0 aliphatic carbocycles. The molecule has 248 valence electrons. The fraction of sp³-hybridized carbons (Fsp3) is 0. The van der Waals surface area contributed by atoms with Gasteiger partial charge in [0, 0.05) is 53.4 Å². The van der Waals surface area contributed by atoms with Crippen molar-refractivity contribution in [2.24, 2.45) is 0 Å². The van der Waals surface area contributed by atoms with E-state index in [0.717, 1.165) is 66.4 Å². The van der Waals surface area contributed by atoms with Crippen molar-refractivity contribution in [3.8, 4) is 56.7 Å². The Hall–Kier alpha value is -6.96. The molecule has 0 N–H and O–H groups in total. The van der Waals surface area contributed by atoms with Crippen LogP contribution in [0, 0.1) is 0 Å². The molecule has 4 heterocycles. The molecule has 0 aliphatic heterocycles. The van der Waals surface area contributed by atoms with Crippen LogP contribution in [0.1, 0.15) is 0 Å². The minimum atomic E-state index is 0.593. The van der Waals surface area contributed by atoms with E-state index in [9.17, 15) is 0 Å². The molecule has 0 fully saturated rings. The largest absolute Gasteiger partial charge is 0.455 e. The molecule has 0 saturated carbocycles. The summed E-state index contributed by atoms with van der Waals surface area (Å²) in [5.74, 6) is 2.47. The molecule has 0 unspecified atom stereocenters. The van der Waals surface area contributed by atoms with Crippen LogP contribution in [-0.4, -0.2) is 19.9 Å². The van der Waals surface area contributed by atoms with E-state index >= 15 is 0 Å². The van der Waals surface area contributed by atoms with E-state index in [-0.39, 0.29) is 0 Å². The third-order valence-electron chi connectivity index (χ3n) is 9.79. The van der Waals surface area contributed by atoms with Gasteiger partial charge in [0.2, 0.25) is 5.89 Å². The fourth-order valence-corrected chi connectivity index (χ4v) is 8.30. The fourth-order valence-electron chi connectivity index (χ4n) is 7.21. The molecule has 6 nitrogen and oxygen atoms in total. The topological polar surface area (TPSA) is 77.8 Å². The standard InChI is InChI=1S/C46H26N4O2S/c1-3-10-28(11-4-1)43-48-44(29-12-5-2-6-13-29)50-45(49-43)30-20-18-27(19-21-30)32-15-9-16-34-40-37(51-41(32)34)24-23-36-42(40)52-46(47-36)31-22-25-39-35(26-31)33-14-7-8-17-38(33)53-39/h1-26H. The Morgan fingerprint density at radius 3 is 1.74 bits per heavy atom. The zero-order chi connectivity index (χ0) is 34.9. The molecule has 7 aromatic carbocycles. The Kier molecular flexibility index (Phi) is 6.62. The van der Waals surface area contributed by atoms with Crippen molar-refractivity contribution in [1.82, 2.24) is 19.9 Å². The van der Waals surface area contributed by atoms with Crippen LogP contribution >= 0.6 is 11.3 Å². The summed E-state index contributed by atoms with van der Waals surface area (Å²) in [7, 11) is 0. The molecule has 4 aromatic heterocycles. The maximum Gasteiger partial charge on any atom is 0.227 e. The van der Waals surface area contributed by atoms with Crippen LogP contribution in [0.5, 0.6) is 0 Å². The molecule has 0 saturated heterocycles. The van der Waals surface area contributed by atoms with Crippen molar-refractivity contribution < 1.29 is 8.83 Å². The second kappa shape index (κ2) is 11.8. The minimum Gasteiger partial charge on any atom is -0.455 e.